The molecule has 2 aromatic rings. The topological polar surface area (TPSA) is 112 Å². The van der Waals surface area contributed by atoms with Crippen LogP contribution in [0.2, 0.25) is 0 Å². The molecule has 3 atom stereocenters. The second kappa shape index (κ2) is 7.47. The molecular formula is C19H21F2N5O4. The summed E-state index contributed by atoms with van der Waals surface area (Å²) in [5.41, 5.74) is 6.56. The van der Waals surface area contributed by atoms with E-state index in [1.807, 2.05) is 6.92 Å². The number of amides is 2. The third-order valence-electron chi connectivity index (χ3n) is 5.02. The molecule has 0 bridgehead atoms. The Hall–Kier alpha value is -3.37. The maximum atomic E-state index is 13.3. The van der Waals surface area contributed by atoms with Crippen LogP contribution in [0.1, 0.15) is 13.8 Å². The van der Waals surface area contributed by atoms with E-state index in [9.17, 15) is 18.4 Å². The SMILES string of the molecule is C[C@@H]1Cn2cc(N3C(=O)OC[C@H]3C(F)F)nc2-c2ccc(N[C@@H](C)C(N)=O)cc2O1. The number of alkyl halides is 2. The minimum absolute atomic E-state index is 0.0994. The molecule has 0 unspecified atom stereocenters. The second-order valence-corrected chi connectivity index (χ2v) is 7.33. The van der Waals surface area contributed by atoms with E-state index >= 15 is 0 Å². The first-order valence-electron chi connectivity index (χ1n) is 9.43. The number of primary amides is 1. The van der Waals surface area contributed by atoms with Gasteiger partial charge in [-0.15, -0.1) is 0 Å². The van der Waals surface area contributed by atoms with E-state index in [1.165, 1.54) is 0 Å². The van der Waals surface area contributed by atoms with Crippen molar-refractivity contribution in [2.75, 3.05) is 16.8 Å². The van der Waals surface area contributed by atoms with Gasteiger partial charge in [0.15, 0.2) is 5.82 Å². The zero-order valence-corrected chi connectivity index (χ0v) is 16.3. The number of cyclic esters (lactones) is 1. The van der Waals surface area contributed by atoms with Crippen LogP contribution in [-0.4, -0.2) is 52.8 Å². The van der Waals surface area contributed by atoms with Gasteiger partial charge in [-0.2, -0.15) is 0 Å². The highest BCUT2D eigenvalue weighted by Crippen LogP contribution is 2.38. The number of nitrogens with zero attached hydrogens (tertiary/aromatic N) is 3. The fraction of sp³-hybridized carbons (Fsp3) is 0.421. The summed E-state index contributed by atoms with van der Waals surface area (Å²) >= 11 is 0. The monoisotopic (exact) mass is 421 g/mol. The van der Waals surface area contributed by atoms with Crippen LogP contribution in [0.15, 0.2) is 24.4 Å². The van der Waals surface area contributed by atoms with Gasteiger partial charge >= 0.3 is 6.09 Å². The van der Waals surface area contributed by atoms with Crippen LogP contribution in [0.3, 0.4) is 0 Å². The Morgan fingerprint density at radius 2 is 2.17 bits per heavy atom. The number of hydrogen-bond acceptors (Lipinski definition) is 6. The van der Waals surface area contributed by atoms with Gasteiger partial charge in [0.2, 0.25) is 5.91 Å². The first-order chi connectivity index (χ1) is 14.2. The number of imidazole rings is 1. The highest BCUT2D eigenvalue weighted by atomic mass is 19.3. The number of rotatable bonds is 5. The number of carbonyl (C=O) groups excluding carboxylic acids is 2. The highest BCUT2D eigenvalue weighted by molar-refractivity contribution is 5.90. The maximum absolute atomic E-state index is 13.3. The van der Waals surface area contributed by atoms with Gasteiger partial charge in [0.25, 0.3) is 6.43 Å². The predicted octanol–water partition coefficient (Wildman–Crippen LogP) is 2.21. The lowest BCUT2D eigenvalue weighted by Crippen LogP contribution is -2.38. The number of ether oxygens (including phenoxy) is 2. The van der Waals surface area contributed by atoms with Crippen molar-refractivity contribution in [1.82, 2.24) is 9.55 Å². The number of aromatic nitrogens is 2. The van der Waals surface area contributed by atoms with Gasteiger partial charge in [0.1, 0.15) is 36.4 Å². The summed E-state index contributed by atoms with van der Waals surface area (Å²) in [5.74, 6) is 0.592. The molecule has 9 nitrogen and oxygen atoms in total. The number of fused-ring (bicyclic) bond motifs is 3. The Morgan fingerprint density at radius 1 is 1.40 bits per heavy atom. The molecule has 0 aliphatic carbocycles. The Labute approximate surface area is 170 Å². The molecule has 1 fully saturated rings. The van der Waals surface area contributed by atoms with Crippen molar-refractivity contribution in [3.8, 4) is 17.1 Å². The van der Waals surface area contributed by atoms with E-state index in [-0.39, 0.29) is 18.5 Å². The second-order valence-electron chi connectivity index (χ2n) is 7.33. The van der Waals surface area contributed by atoms with Gasteiger partial charge < -0.3 is 25.1 Å². The summed E-state index contributed by atoms with van der Waals surface area (Å²) in [6.45, 7) is 3.52. The third-order valence-corrected chi connectivity index (χ3v) is 5.02. The van der Waals surface area contributed by atoms with Crippen molar-refractivity contribution in [2.24, 2.45) is 5.73 Å². The van der Waals surface area contributed by atoms with Crippen LogP contribution in [-0.2, 0) is 16.1 Å². The summed E-state index contributed by atoms with van der Waals surface area (Å²) in [7, 11) is 0. The number of benzene rings is 1. The molecule has 1 saturated heterocycles. The van der Waals surface area contributed by atoms with Crippen molar-refractivity contribution >= 4 is 23.5 Å². The molecular weight excluding hydrogens is 400 g/mol. The van der Waals surface area contributed by atoms with Gasteiger partial charge in [-0.1, -0.05) is 0 Å². The van der Waals surface area contributed by atoms with Crippen molar-refractivity contribution < 1.29 is 27.8 Å². The summed E-state index contributed by atoms with van der Waals surface area (Å²) in [6.07, 6.45) is -2.31. The zero-order chi connectivity index (χ0) is 21.6. The van der Waals surface area contributed by atoms with Gasteiger partial charge in [-0.3, -0.25) is 4.79 Å². The minimum atomic E-state index is -2.76. The zero-order valence-electron chi connectivity index (χ0n) is 16.3. The Morgan fingerprint density at radius 3 is 2.87 bits per heavy atom. The van der Waals surface area contributed by atoms with E-state index < -0.39 is 30.5 Å². The molecule has 11 heteroatoms. The maximum Gasteiger partial charge on any atom is 0.416 e. The quantitative estimate of drug-likeness (QED) is 0.766. The van der Waals surface area contributed by atoms with Crippen molar-refractivity contribution in [2.45, 2.75) is 45.0 Å². The van der Waals surface area contributed by atoms with E-state index in [4.69, 9.17) is 15.2 Å². The largest absolute Gasteiger partial charge is 0.488 e. The average molecular weight is 421 g/mol. The standard InChI is InChI=1S/C19H21F2N5O4/c1-9-6-25-7-15(26-13(16(20)21)8-29-19(26)28)24-18(25)12-4-3-11(5-14(12)30-9)23-10(2)17(22)27/h3-5,7,9-10,13,16,23H,6,8H2,1-2H3,(H2,22,27)/t9-,10+,13+/m1/s1. The number of anilines is 2. The lowest BCUT2D eigenvalue weighted by Gasteiger charge is -2.18. The number of nitrogens with two attached hydrogens (primary N) is 1. The van der Waals surface area contributed by atoms with Crippen LogP contribution in [0.4, 0.5) is 25.1 Å². The van der Waals surface area contributed by atoms with E-state index in [0.717, 1.165) is 4.90 Å². The summed E-state index contributed by atoms with van der Waals surface area (Å²) < 4.78 is 39.2. The fourth-order valence-corrected chi connectivity index (χ4v) is 3.50. The molecule has 1 aromatic heterocycles. The van der Waals surface area contributed by atoms with Crippen molar-refractivity contribution in [3.63, 3.8) is 0 Å². The number of carbonyl (C=O) groups is 2. The molecule has 30 heavy (non-hydrogen) atoms. The first kappa shape index (κ1) is 19.9. The van der Waals surface area contributed by atoms with Crippen LogP contribution >= 0.6 is 0 Å². The molecule has 0 saturated carbocycles. The molecule has 1 aromatic carbocycles. The van der Waals surface area contributed by atoms with Gasteiger partial charge in [0, 0.05) is 18.0 Å². The fourth-order valence-electron chi connectivity index (χ4n) is 3.50. The van der Waals surface area contributed by atoms with Crippen LogP contribution in [0, 0.1) is 0 Å². The number of halogens is 2. The van der Waals surface area contributed by atoms with Crippen LogP contribution in [0.25, 0.3) is 11.4 Å². The molecule has 0 spiro atoms. The molecule has 3 heterocycles. The molecule has 4 rings (SSSR count). The van der Waals surface area contributed by atoms with Crippen molar-refractivity contribution in [3.05, 3.63) is 24.4 Å². The molecule has 2 aliphatic heterocycles. The predicted molar refractivity (Wildman–Crippen MR) is 104 cm³/mol. The van der Waals surface area contributed by atoms with Gasteiger partial charge in [-0.25, -0.2) is 23.5 Å². The van der Waals surface area contributed by atoms with E-state index in [0.29, 0.717) is 29.4 Å². The van der Waals surface area contributed by atoms with Gasteiger partial charge in [-0.05, 0) is 26.0 Å². The smallest absolute Gasteiger partial charge is 0.416 e. The Kier molecular flexibility index (Phi) is 4.96. The van der Waals surface area contributed by atoms with E-state index in [1.54, 1.807) is 35.9 Å². The van der Waals surface area contributed by atoms with Crippen LogP contribution in [0.5, 0.6) is 5.75 Å². The number of nitrogens with one attached hydrogen (secondary N) is 1. The minimum Gasteiger partial charge on any atom is -0.488 e. The lowest BCUT2D eigenvalue weighted by molar-refractivity contribution is -0.118. The summed E-state index contributed by atoms with van der Waals surface area (Å²) in [4.78, 5) is 28.7. The Bertz CT molecular complexity index is 995. The Balaban J connectivity index is 1.72. The molecule has 2 amide bonds. The molecule has 3 N–H and O–H groups in total. The number of hydrogen-bond donors (Lipinski definition) is 2. The lowest BCUT2D eigenvalue weighted by atomic mass is 10.1. The summed E-state index contributed by atoms with van der Waals surface area (Å²) in [5, 5.41) is 2.99. The van der Waals surface area contributed by atoms with Crippen LogP contribution < -0.4 is 20.7 Å². The first-order valence-corrected chi connectivity index (χ1v) is 9.43. The molecule has 160 valence electrons. The van der Waals surface area contributed by atoms with Gasteiger partial charge in [0.05, 0.1) is 12.1 Å². The summed E-state index contributed by atoms with van der Waals surface area (Å²) in [6, 6.07) is 3.25. The molecule has 2 aliphatic rings. The van der Waals surface area contributed by atoms with E-state index in [2.05, 4.69) is 10.3 Å². The van der Waals surface area contributed by atoms with Crippen molar-refractivity contribution in [1.29, 1.82) is 0 Å². The normalized spacial score (nSPS) is 21.4. The third kappa shape index (κ3) is 3.51. The average Bonchev–Trinajstić information content (AvgIpc) is 3.22. The highest BCUT2D eigenvalue weighted by Gasteiger charge is 2.42. The molecule has 0 radical (unpaired) electrons.